The number of rotatable bonds is 3. The smallest absolute Gasteiger partial charge is 0.257 e. The van der Waals surface area contributed by atoms with E-state index in [4.69, 9.17) is 26.1 Å². The van der Waals surface area contributed by atoms with Crippen molar-refractivity contribution in [3.63, 3.8) is 0 Å². The highest BCUT2D eigenvalue weighted by Gasteiger charge is 2.18. The van der Waals surface area contributed by atoms with E-state index in [1.165, 1.54) is 0 Å². The van der Waals surface area contributed by atoms with Crippen LogP contribution in [0.2, 0.25) is 0 Å². The maximum atomic E-state index is 12.6. The first-order valence-corrected chi connectivity index (χ1v) is 9.97. The van der Waals surface area contributed by atoms with Gasteiger partial charge in [-0.05, 0) is 67.2 Å². The summed E-state index contributed by atoms with van der Waals surface area (Å²) in [7, 11) is 0. The third kappa shape index (κ3) is 3.69. The number of nitrogens with one attached hydrogen (secondary N) is 2. The van der Waals surface area contributed by atoms with Crippen molar-refractivity contribution < 1.29 is 18.7 Å². The molecule has 0 aliphatic carbocycles. The molecule has 5 rings (SSSR count). The highest BCUT2D eigenvalue weighted by molar-refractivity contribution is 7.80. The number of nitrogens with zero attached hydrogens (tertiary/aromatic N) is 1. The van der Waals surface area contributed by atoms with E-state index in [1.807, 2.05) is 49.4 Å². The van der Waals surface area contributed by atoms with E-state index in [0.29, 0.717) is 23.0 Å². The van der Waals surface area contributed by atoms with Crippen molar-refractivity contribution in [3.8, 4) is 23.0 Å². The predicted molar refractivity (Wildman–Crippen MR) is 120 cm³/mol. The number of amides is 1. The summed E-state index contributed by atoms with van der Waals surface area (Å²) >= 11 is 5.35. The van der Waals surface area contributed by atoms with Gasteiger partial charge in [-0.2, -0.15) is 0 Å². The van der Waals surface area contributed by atoms with Crippen LogP contribution in [-0.2, 0) is 0 Å². The second kappa shape index (κ2) is 7.73. The zero-order chi connectivity index (χ0) is 21.4. The van der Waals surface area contributed by atoms with Crippen LogP contribution in [0.5, 0.6) is 11.5 Å². The minimum Gasteiger partial charge on any atom is -0.454 e. The maximum Gasteiger partial charge on any atom is 0.257 e. The van der Waals surface area contributed by atoms with Gasteiger partial charge < -0.3 is 19.2 Å². The van der Waals surface area contributed by atoms with Crippen molar-refractivity contribution in [2.75, 3.05) is 12.1 Å². The Labute approximate surface area is 183 Å². The molecule has 0 fully saturated rings. The fraction of sp³-hybridized carbons (Fsp3) is 0.0870. The molecule has 8 heteroatoms. The summed E-state index contributed by atoms with van der Waals surface area (Å²) in [6.45, 7) is 2.09. The van der Waals surface area contributed by atoms with Gasteiger partial charge in [0.25, 0.3) is 5.91 Å². The molecule has 0 unspecified atom stereocenters. The first-order chi connectivity index (χ1) is 15.1. The number of thiocarbonyl (C=S) groups is 1. The van der Waals surface area contributed by atoms with E-state index < -0.39 is 0 Å². The van der Waals surface area contributed by atoms with Crippen molar-refractivity contribution >= 4 is 40.0 Å². The van der Waals surface area contributed by atoms with Crippen LogP contribution in [0, 0.1) is 6.92 Å². The number of anilines is 1. The Balaban J connectivity index is 1.33. The molecular formula is C23H17N3O4S. The Kier molecular flexibility index (Phi) is 4.76. The molecule has 1 amide bonds. The lowest BCUT2D eigenvalue weighted by atomic mass is 10.1. The molecule has 2 heterocycles. The first-order valence-electron chi connectivity index (χ1n) is 9.56. The van der Waals surface area contributed by atoms with Crippen molar-refractivity contribution in [2.45, 2.75) is 6.92 Å². The molecule has 3 aromatic carbocycles. The Morgan fingerprint density at radius 2 is 1.87 bits per heavy atom. The Bertz CT molecular complexity index is 1300. The number of carbonyl (C=O) groups excluding carboxylic acids is 1. The van der Waals surface area contributed by atoms with E-state index in [9.17, 15) is 4.79 Å². The normalized spacial score (nSPS) is 12.0. The topological polar surface area (TPSA) is 85.6 Å². The third-order valence-electron chi connectivity index (χ3n) is 4.97. The van der Waals surface area contributed by atoms with Gasteiger partial charge in [0.15, 0.2) is 22.2 Å². The van der Waals surface area contributed by atoms with Crippen LogP contribution in [-0.4, -0.2) is 22.8 Å². The lowest BCUT2D eigenvalue weighted by Crippen LogP contribution is -2.34. The van der Waals surface area contributed by atoms with Gasteiger partial charge >= 0.3 is 0 Å². The highest BCUT2D eigenvalue weighted by Crippen LogP contribution is 2.33. The van der Waals surface area contributed by atoms with Gasteiger partial charge in [-0.1, -0.05) is 18.2 Å². The van der Waals surface area contributed by atoms with Crippen LogP contribution >= 0.6 is 12.2 Å². The number of para-hydroxylation sites is 2. The minimum absolute atomic E-state index is 0.149. The van der Waals surface area contributed by atoms with Gasteiger partial charge in [0, 0.05) is 16.8 Å². The van der Waals surface area contributed by atoms with Crippen molar-refractivity contribution in [2.24, 2.45) is 0 Å². The quantitative estimate of drug-likeness (QED) is 0.456. The molecule has 0 radical (unpaired) electrons. The van der Waals surface area contributed by atoms with Crippen LogP contribution in [0.15, 0.2) is 65.1 Å². The minimum atomic E-state index is -0.344. The van der Waals surface area contributed by atoms with Gasteiger partial charge in [-0.15, -0.1) is 0 Å². The average Bonchev–Trinajstić information content (AvgIpc) is 3.41. The standard InChI is InChI=1S/C23H17N3O4S/c1-13-15(22-24-17-6-2-3-8-18(17)30-22)5-4-7-16(13)25-23(31)26-21(27)14-9-10-19-20(11-14)29-12-28-19/h2-11H,12H2,1H3,(H2,25,26,27,31). The molecule has 0 bridgehead atoms. The summed E-state index contributed by atoms with van der Waals surface area (Å²) < 4.78 is 16.5. The molecule has 7 nitrogen and oxygen atoms in total. The molecule has 31 heavy (non-hydrogen) atoms. The van der Waals surface area contributed by atoms with Crippen LogP contribution < -0.4 is 20.1 Å². The van der Waals surface area contributed by atoms with E-state index in [0.717, 1.165) is 27.9 Å². The number of aromatic nitrogens is 1. The van der Waals surface area contributed by atoms with Gasteiger partial charge in [0.2, 0.25) is 12.7 Å². The number of ether oxygens (including phenoxy) is 2. The zero-order valence-corrected chi connectivity index (χ0v) is 17.3. The molecule has 0 saturated carbocycles. The number of oxazole rings is 1. The third-order valence-corrected chi connectivity index (χ3v) is 5.17. The van der Waals surface area contributed by atoms with Gasteiger partial charge in [0.1, 0.15) is 5.52 Å². The lowest BCUT2D eigenvalue weighted by molar-refractivity contribution is 0.0977. The van der Waals surface area contributed by atoms with E-state index in [1.54, 1.807) is 18.2 Å². The molecule has 0 spiro atoms. The summed E-state index contributed by atoms with van der Waals surface area (Å²) in [6, 6.07) is 18.3. The predicted octanol–water partition coefficient (Wildman–Crippen LogP) is 4.66. The number of benzene rings is 3. The molecule has 1 aliphatic heterocycles. The van der Waals surface area contributed by atoms with Gasteiger partial charge in [-0.3, -0.25) is 10.1 Å². The second-order valence-corrected chi connectivity index (χ2v) is 7.35. The van der Waals surface area contributed by atoms with Crippen LogP contribution in [0.4, 0.5) is 5.69 Å². The maximum absolute atomic E-state index is 12.6. The summed E-state index contributed by atoms with van der Waals surface area (Å²) in [5, 5.41) is 5.95. The monoisotopic (exact) mass is 431 g/mol. The van der Waals surface area contributed by atoms with Crippen molar-refractivity contribution in [1.82, 2.24) is 10.3 Å². The van der Waals surface area contributed by atoms with Crippen molar-refractivity contribution in [1.29, 1.82) is 0 Å². The molecule has 1 aromatic heterocycles. The van der Waals surface area contributed by atoms with Crippen molar-refractivity contribution in [3.05, 3.63) is 71.8 Å². The van der Waals surface area contributed by atoms with Crippen LogP contribution in [0.3, 0.4) is 0 Å². The number of hydrogen-bond donors (Lipinski definition) is 2. The molecular weight excluding hydrogens is 414 g/mol. The molecule has 4 aromatic rings. The number of carbonyl (C=O) groups is 1. The molecule has 0 saturated heterocycles. The SMILES string of the molecule is Cc1c(NC(=S)NC(=O)c2ccc3c(c2)OCO3)cccc1-c1nc2ccccc2o1. The Hall–Kier alpha value is -3.91. The molecule has 1 aliphatic rings. The van der Waals surface area contributed by atoms with E-state index in [-0.39, 0.29) is 17.8 Å². The fourth-order valence-electron chi connectivity index (χ4n) is 3.36. The second-order valence-electron chi connectivity index (χ2n) is 6.94. The first kappa shape index (κ1) is 19.1. The van der Waals surface area contributed by atoms with Crippen LogP contribution in [0.1, 0.15) is 15.9 Å². The highest BCUT2D eigenvalue weighted by atomic mass is 32.1. The van der Waals surface area contributed by atoms with Crippen LogP contribution in [0.25, 0.3) is 22.6 Å². The average molecular weight is 431 g/mol. The summed E-state index contributed by atoms with van der Waals surface area (Å²) in [5.41, 5.74) is 4.42. The van der Waals surface area contributed by atoms with E-state index >= 15 is 0 Å². The van der Waals surface area contributed by atoms with Gasteiger partial charge in [0.05, 0.1) is 0 Å². The molecule has 2 N–H and O–H groups in total. The van der Waals surface area contributed by atoms with Gasteiger partial charge in [-0.25, -0.2) is 4.98 Å². The number of fused-ring (bicyclic) bond motifs is 2. The summed E-state index contributed by atoms with van der Waals surface area (Å²) in [6.07, 6.45) is 0. The fourth-order valence-corrected chi connectivity index (χ4v) is 3.56. The Morgan fingerprint density at radius 3 is 2.74 bits per heavy atom. The Morgan fingerprint density at radius 1 is 1.03 bits per heavy atom. The summed E-state index contributed by atoms with van der Waals surface area (Å²) in [5.74, 6) is 1.33. The summed E-state index contributed by atoms with van der Waals surface area (Å²) in [4.78, 5) is 17.1. The van der Waals surface area contributed by atoms with E-state index in [2.05, 4.69) is 15.6 Å². The number of hydrogen-bond acceptors (Lipinski definition) is 6. The zero-order valence-electron chi connectivity index (χ0n) is 16.5. The molecule has 0 atom stereocenters. The largest absolute Gasteiger partial charge is 0.454 e. The molecule has 154 valence electrons. The lowest BCUT2D eigenvalue weighted by Gasteiger charge is -2.13.